The molecule has 27 heavy (non-hydrogen) atoms. The Hall–Kier alpha value is -2.24. The van der Waals surface area contributed by atoms with Crippen molar-refractivity contribution in [1.29, 1.82) is 0 Å². The molecule has 2 rings (SSSR count). The number of carbonyl (C=O) groups is 1. The van der Waals surface area contributed by atoms with E-state index in [1.54, 1.807) is 0 Å². The normalized spacial score (nSPS) is 16.2. The molecule has 3 N–H and O–H groups in total. The smallest absolute Gasteiger partial charge is 0.242 e. The average molecular weight is 374 g/mol. The third-order valence-corrected chi connectivity index (χ3v) is 4.43. The fourth-order valence-electron chi connectivity index (χ4n) is 3.18. The summed E-state index contributed by atoms with van der Waals surface area (Å²) in [5.41, 5.74) is 2.25. The van der Waals surface area contributed by atoms with Crippen LogP contribution >= 0.6 is 0 Å². The van der Waals surface area contributed by atoms with Crippen LogP contribution < -0.4 is 20.9 Å². The lowest BCUT2D eigenvalue weighted by atomic mass is 10.1. The van der Waals surface area contributed by atoms with Crippen LogP contribution in [0.3, 0.4) is 0 Å². The maximum atomic E-state index is 12.0. The van der Waals surface area contributed by atoms with E-state index >= 15 is 0 Å². The van der Waals surface area contributed by atoms with Crippen molar-refractivity contribution in [3.63, 3.8) is 0 Å². The Labute approximate surface area is 163 Å². The van der Waals surface area contributed by atoms with Gasteiger partial charge in [0.15, 0.2) is 5.96 Å². The molecule has 1 fully saturated rings. The molecule has 1 aliphatic heterocycles. The van der Waals surface area contributed by atoms with Gasteiger partial charge in [0.1, 0.15) is 6.54 Å². The largest absolute Gasteiger partial charge is 0.372 e. The number of carbonyl (C=O) groups excluding carboxylic acids is 1. The molecule has 1 saturated heterocycles. The number of nitrogens with zero attached hydrogens (tertiary/aromatic N) is 2. The first-order valence-corrected chi connectivity index (χ1v) is 9.99. The van der Waals surface area contributed by atoms with E-state index in [1.807, 2.05) is 27.7 Å². The third-order valence-electron chi connectivity index (χ3n) is 4.43. The lowest BCUT2D eigenvalue weighted by Crippen LogP contribution is -2.43. The Balaban J connectivity index is 2.01. The van der Waals surface area contributed by atoms with Gasteiger partial charge in [0.2, 0.25) is 5.91 Å². The summed E-state index contributed by atoms with van der Waals surface area (Å²) < 4.78 is 0. The molecule has 1 aliphatic rings. The molecule has 0 saturated carbocycles. The van der Waals surface area contributed by atoms with Crippen molar-refractivity contribution in [1.82, 2.24) is 16.0 Å². The van der Waals surface area contributed by atoms with E-state index in [-0.39, 0.29) is 24.0 Å². The van der Waals surface area contributed by atoms with Gasteiger partial charge in [-0.05, 0) is 65.2 Å². The molecule has 6 nitrogen and oxygen atoms in total. The van der Waals surface area contributed by atoms with E-state index in [0.29, 0.717) is 5.96 Å². The number of anilines is 1. The van der Waals surface area contributed by atoms with Crippen molar-refractivity contribution < 1.29 is 4.79 Å². The SMILES string of the molecule is CCNC(=NCC(=O)NC(C)(C)C)NC(C)c1cccc(N2CCCC2)c1. The van der Waals surface area contributed by atoms with Crippen molar-refractivity contribution in [2.45, 2.75) is 59.0 Å². The van der Waals surface area contributed by atoms with Crippen LogP contribution in [0.2, 0.25) is 0 Å². The van der Waals surface area contributed by atoms with E-state index in [1.165, 1.54) is 24.1 Å². The van der Waals surface area contributed by atoms with Gasteiger partial charge in [0.05, 0.1) is 6.04 Å². The van der Waals surface area contributed by atoms with Gasteiger partial charge in [0.25, 0.3) is 0 Å². The molecular formula is C21H35N5O. The van der Waals surface area contributed by atoms with Crippen LogP contribution in [0.1, 0.15) is 59.1 Å². The number of amides is 1. The van der Waals surface area contributed by atoms with Crippen molar-refractivity contribution in [2.75, 3.05) is 31.1 Å². The molecule has 0 aliphatic carbocycles. The van der Waals surface area contributed by atoms with Gasteiger partial charge in [-0.2, -0.15) is 0 Å². The van der Waals surface area contributed by atoms with Crippen molar-refractivity contribution in [2.24, 2.45) is 4.99 Å². The van der Waals surface area contributed by atoms with Crippen molar-refractivity contribution in [3.8, 4) is 0 Å². The zero-order valence-electron chi connectivity index (χ0n) is 17.4. The summed E-state index contributed by atoms with van der Waals surface area (Å²) in [7, 11) is 0. The second-order valence-electron chi connectivity index (χ2n) is 8.15. The van der Waals surface area contributed by atoms with Crippen LogP contribution in [0.15, 0.2) is 29.3 Å². The molecule has 0 radical (unpaired) electrons. The molecule has 1 amide bonds. The molecule has 0 bridgehead atoms. The van der Waals surface area contributed by atoms with Crippen LogP contribution in [0.5, 0.6) is 0 Å². The summed E-state index contributed by atoms with van der Waals surface area (Å²) in [6.07, 6.45) is 2.54. The molecule has 1 aromatic rings. The summed E-state index contributed by atoms with van der Waals surface area (Å²) in [6, 6.07) is 8.77. The third kappa shape index (κ3) is 7.12. The molecule has 1 aromatic carbocycles. The second kappa shape index (κ2) is 9.62. The summed E-state index contributed by atoms with van der Waals surface area (Å²) >= 11 is 0. The molecule has 1 heterocycles. The number of aliphatic imine (C=N–C) groups is 1. The monoisotopic (exact) mass is 373 g/mol. The highest BCUT2D eigenvalue weighted by atomic mass is 16.2. The van der Waals surface area contributed by atoms with Crippen LogP contribution in [0.25, 0.3) is 0 Å². The van der Waals surface area contributed by atoms with Crippen LogP contribution in [0.4, 0.5) is 5.69 Å². The topological polar surface area (TPSA) is 68.8 Å². The summed E-state index contributed by atoms with van der Waals surface area (Å²) in [6.45, 7) is 13.2. The second-order valence-corrected chi connectivity index (χ2v) is 8.15. The molecule has 0 spiro atoms. The highest BCUT2D eigenvalue weighted by Crippen LogP contribution is 2.23. The molecular weight excluding hydrogens is 338 g/mol. The van der Waals surface area contributed by atoms with Gasteiger partial charge >= 0.3 is 0 Å². The van der Waals surface area contributed by atoms with Crippen LogP contribution in [-0.4, -0.2) is 43.6 Å². The van der Waals surface area contributed by atoms with Gasteiger partial charge in [-0.25, -0.2) is 4.99 Å². The van der Waals surface area contributed by atoms with E-state index in [0.717, 1.165) is 19.6 Å². The first-order valence-electron chi connectivity index (χ1n) is 9.99. The predicted molar refractivity (Wildman–Crippen MR) is 113 cm³/mol. The summed E-state index contributed by atoms with van der Waals surface area (Å²) in [4.78, 5) is 18.9. The van der Waals surface area contributed by atoms with Gasteiger partial charge in [-0.15, -0.1) is 0 Å². The highest BCUT2D eigenvalue weighted by Gasteiger charge is 2.16. The first kappa shape index (κ1) is 21.1. The van der Waals surface area contributed by atoms with Gasteiger partial charge in [-0.1, -0.05) is 12.1 Å². The molecule has 1 atom stereocenters. The fraction of sp³-hybridized carbons (Fsp3) is 0.619. The molecule has 1 unspecified atom stereocenters. The number of nitrogens with one attached hydrogen (secondary N) is 3. The maximum absolute atomic E-state index is 12.0. The number of rotatable bonds is 6. The number of hydrogen-bond donors (Lipinski definition) is 3. The van der Waals surface area contributed by atoms with E-state index in [9.17, 15) is 4.79 Å². The first-order chi connectivity index (χ1) is 12.8. The minimum atomic E-state index is -0.248. The lowest BCUT2D eigenvalue weighted by Gasteiger charge is -2.22. The van der Waals surface area contributed by atoms with E-state index < -0.39 is 0 Å². The fourth-order valence-corrected chi connectivity index (χ4v) is 3.18. The summed E-state index contributed by atoms with van der Waals surface area (Å²) in [5.74, 6) is 0.573. The standard InChI is InChI=1S/C21H35N5O/c1-6-22-20(23-15-19(27)25-21(3,4)5)24-16(2)17-10-9-11-18(14-17)26-12-7-8-13-26/h9-11,14,16H,6-8,12-13,15H2,1-5H3,(H,25,27)(H2,22,23,24). The summed E-state index contributed by atoms with van der Waals surface area (Å²) in [5, 5.41) is 9.56. The molecule has 0 aromatic heterocycles. The van der Waals surface area contributed by atoms with Crippen LogP contribution in [0, 0.1) is 0 Å². The Bertz CT molecular complexity index is 644. The molecule has 6 heteroatoms. The van der Waals surface area contributed by atoms with Crippen molar-refractivity contribution in [3.05, 3.63) is 29.8 Å². The zero-order valence-corrected chi connectivity index (χ0v) is 17.4. The number of benzene rings is 1. The van der Waals surface area contributed by atoms with Crippen LogP contribution in [-0.2, 0) is 4.79 Å². The number of guanidine groups is 1. The Morgan fingerprint density at radius 1 is 1.26 bits per heavy atom. The van der Waals surface area contributed by atoms with Gasteiger partial charge in [-0.3, -0.25) is 4.79 Å². The number of hydrogen-bond acceptors (Lipinski definition) is 3. The zero-order chi connectivity index (χ0) is 19.9. The van der Waals surface area contributed by atoms with Gasteiger partial charge in [0, 0.05) is 30.9 Å². The minimum Gasteiger partial charge on any atom is -0.372 e. The Morgan fingerprint density at radius 3 is 2.59 bits per heavy atom. The van der Waals surface area contributed by atoms with Gasteiger partial charge < -0.3 is 20.9 Å². The molecule has 150 valence electrons. The Morgan fingerprint density at radius 2 is 1.96 bits per heavy atom. The highest BCUT2D eigenvalue weighted by molar-refractivity contribution is 5.85. The maximum Gasteiger partial charge on any atom is 0.242 e. The Kier molecular flexibility index (Phi) is 7.51. The lowest BCUT2D eigenvalue weighted by molar-refractivity contribution is -0.121. The average Bonchev–Trinajstić information content (AvgIpc) is 3.13. The van der Waals surface area contributed by atoms with E-state index in [2.05, 4.69) is 57.0 Å². The predicted octanol–water partition coefficient (Wildman–Crippen LogP) is 2.82. The van der Waals surface area contributed by atoms with E-state index in [4.69, 9.17) is 0 Å². The minimum absolute atomic E-state index is 0.0802. The quantitative estimate of drug-likeness (QED) is 0.530. The van der Waals surface area contributed by atoms with Crippen molar-refractivity contribution >= 4 is 17.6 Å².